The van der Waals surface area contributed by atoms with Crippen LogP contribution in [0.4, 0.5) is 4.39 Å². The molecular formula is C17H20FN3O2S. The number of likely N-dealkylation sites (tertiary alicyclic amines) is 1. The van der Waals surface area contributed by atoms with E-state index in [1.807, 2.05) is 4.90 Å². The number of carbonyl (C=O) groups is 1. The fourth-order valence-corrected chi connectivity index (χ4v) is 3.75. The average molecular weight is 349 g/mol. The predicted octanol–water partition coefficient (Wildman–Crippen LogP) is 3.47. The van der Waals surface area contributed by atoms with Crippen molar-refractivity contribution in [3.63, 3.8) is 0 Å². The third-order valence-corrected chi connectivity index (χ3v) is 4.82. The molecule has 0 aliphatic carbocycles. The van der Waals surface area contributed by atoms with Gasteiger partial charge < -0.3 is 9.32 Å². The highest BCUT2D eigenvalue weighted by Crippen LogP contribution is 2.25. The molecule has 1 aliphatic rings. The zero-order valence-electron chi connectivity index (χ0n) is 13.7. The fourth-order valence-electron chi connectivity index (χ4n) is 3.09. The SMILES string of the molecule is CC1CC(C)CN(C(=O)CSc2nnc(-c3cccc(F)c3)o2)C1. The molecule has 3 rings (SSSR count). The van der Waals surface area contributed by atoms with Crippen LogP contribution in [0, 0.1) is 17.7 Å². The van der Waals surface area contributed by atoms with Gasteiger partial charge in [-0.25, -0.2) is 4.39 Å². The highest BCUT2D eigenvalue weighted by Gasteiger charge is 2.25. The first-order chi connectivity index (χ1) is 11.5. The Morgan fingerprint density at radius 1 is 1.33 bits per heavy atom. The van der Waals surface area contributed by atoms with Gasteiger partial charge in [0, 0.05) is 18.7 Å². The lowest BCUT2D eigenvalue weighted by Gasteiger charge is -2.34. The molecule has 0 bridgehead atoms. The van der Waals surface area contributed by atoms with Crippen molar-refractivity contribution in [1.82, 2.24) is 15.1 Å². The molecule has 1 aromatic heterocycles. The van der Waals surface area contributed by atoms with E-state index < -0.39 is 0 Å². The van der Waals surface area contributed by atoms with Gasteiger partial charge >= 0.3 is 0 Å². The Balaban J connectivity index is 1.58. The van der Waals surface area contributed by atoms with E-state index in [2.05, 4.69) is 24.0 Å². The van der Waals surface area contributed by atoms with Crippen LogP contribution in [0.25, 0.3) is 11.5 Å². The van der Waals surface area contributed by atoms with Crippen molar-refractivity contribution < 1.29 is 13.6 Å². The zero-order chi connectivity index (χ0) is 17.1. The van der Waals surface area contributed by atoms with Crippen LogP contribution in [0.15, 0.2) is 33.9 Å². The molecule has 7 heteroatoms. The molecule has 128 valence electrons. The number of carbonyl (C=O) groups excluding carboxylic acids is 1. The van der Waals surface area contributed by atoms with E-state index in [0.29, 0.717) is 22.6 Å². The Kier molecular flexibility index (Phi) is 5.18. The minimum Gasteiger partial charge on any atom is -0.411 e. The van der Waals surface area contributed by atoms with Gasteiger partial charge in [0.25, 0.3) is 5.22 Å². The number of aromatic nitrogens is 2. The quantitative estimate of drug-likeness (QED) is 0.791. The summed E-state index contributed by atoms with van der Waals surface area (Å²) in [5, 5.41) is 8.16. The molecule has 1 saturated heterocycles. The molecule has 5 nitrogen and oxygen atoms in total. The van der Waals surface area contributed by atoms with Crippen molar-refractivity contribution >= 4 is 17.7 Å². The number of rotatable bonds is 4. The van der Waals surface area contributed by atoms with Gasteiger partial charge in [-0.05, 0) is 36.5 Å². The largest absolute Gasteiger partial charge is 0.411 e. The minimum absolute atomic E-state index is 0.0869. The van der Waals surface area contributed by atoms with Crippen LogP contribution in [0.5, 0.6) is 0 Å². The maximum absolute atomic E-state index is 13.2. The number of halogens is 1. The molecule has 0 saturated carbocycles. The monoisotopic (exact) mass is 349 g/mol. The molecule has 1 aliphatic heterocycles. The third-order valence-electron chi connectivity index (χ3n) is 4.02. The molecule has 0 N–H and O–H groups in total. The second kappa shape index (κ2) is 7.34. The molecule has 0 spiro atoms. The first kappa shape index (κ1) is 17.0. The molecule has 2 aromatic rings. The van der Waals surface area contributed by atoms with Crippen LogP contribution >= 0.6 is 11.8 Å². The summed E-state index contributed by atoms with van der Waals surface area (Å²) in [7, 11) is 0. The number of hydrogen-bond donors (Lipinski definition) is 0. The number of nitrogens with zero attached hydrogens (tertiary/aromatic N) is 3. The van der Waals surface area contributed by atoms with Crippen LogP contribution < -0.4 is 0 Å². The van der Waals surface area contributed by atoms with Crippen LogP contribution in [0.2, 0.25) is 0 Å². The van der Waals surface area contributed by atoms with Crippen molar-refractivity contribution in [1.29, 1.82) is 0 Å². The lowest BCUT2D eigenvalue weighted by molar-refractivity contribution is -0.130. The van der Waals surface area contributed by atoms with E-state index in [0.717, 1.165) is 19.5 Å². The average Bonchev–Trinajstić information content (AvgIpc) is 3.00. The summed E-state index contributed by atoms with van der Waals surface area (Å²) < 4.78 is 18.7. The number of piperidine rings is 1. The minimum atomic E-state index is -0.358. The molecule has 2 heterocycles. The second-order valence-corrected chi connectivity index (χ2v) is 7.34. The van der Waals surface area contributed by atoms with Gasteiger partial charge in [-0.2, -0.15) is 0 Å². The molecule has 1 aromatic carbocycles. The van der Waals surface area contributed by atoms with Gasteiger partial charge in [0.2, 0.25) is 11.8 Å². The number of benzene rings is 1. The molecule has 2 unspecified atom stereocenters. The van der Waals surface area contributed by atoms with E-state index >= 15 is 0 Å². The molecule has 0 radical (unpaired) electrons. The Bertz CT molecular complexity index is 711. The summed E-state index contributed by atoms with van der Waals surface area (Å²) in [4.78, 5) is 14.3. The van der Waals surface area contributed by atoms with Crippen LogP contribution in [0.3, 0.4) is 0 Å². The highest BCUT2D eigenvalue weighted by molar-refractivity contribution is 7.99. The van der Waals surface area contributed by atoms with Crippen molar-refractivity contribution in [2.24, 2.45) is 11.8 Å². The Hall–Kier alpha value is -1.89. The van der Waals surface area contributed by atoms with Crippen molar-refractivity contribution in [3.8, 4) is 11.5 Å². The van der Waals surface area contributed by atoms with Crippen molar-refractivity contribution in [2.45, 2.75) is 25.5 Å². The summed E-state index contributed by atoms with van der Waals surface area (Å²) in [6.07, 6.45) is 1.16. The lowest BCUT2D eigenvalue weighted by atomic mass is 9.92. The molecule has 2 atom stereocenters. The number of hydrogen-bond acceptors (Lipinski definition) is 5. The van der Waals surface area contributed by atoms with Gasteiger partial charge in [0.15, 0.2) is 0 Å². The summed E-state index contributed by atoms with van der Waals surface area (Å²) >= 11 is 1.22. The maximum Gasteiger partial charge on any atom is 0.277 e. The number of thioether (sulfide) groups is 1. The van der Waals surface area contributed by atoms with E-state index in [9.17, 15) is 9.18 Å². The maximum atomic E-state index is 13.2. The first-order valence-corrected chi connectivity index (χ1v) is 9.00. The number of amides is 1. The summed E-state index contributed by atoms with van der Waals surface area (Å²) in [6, 6.07) is 5.98. The molecule has 1 amide bonds. The van der Waals surface area contributed by atoms with Gasteiger partial charge in [-0.15, -0.1) is 10.2 Å². The molecule has 24 heavy (non-hydrogen) atoms. The third kappa shape index (κ3) is 4.14. The Labute approximate surface area is 144 Å². The van der Waals surface area contributed by atoms with Crippen molar-refractivity contribution in [3.05, 3.63) is 30.1 Å². The Morgan fingerprint density at radius 2 is 2.08 bits per heavy atom. The summed E-state index contributed by atoms with van der Waals surface area (Å²) in [6.45, 7) is 5.96. The van der Waals surface area contributed by atoms with Gasteiger partial charge in [-0.3, -0.25) is 4.79 Å². The molecule has 1 fully saturated rings. The summed E-state index contributed by atoms with van der Waals surface area (Å²) in [5.41, 5.74) is 0.527. The van der Waals surface area contributed by atoms with Crippen molar-refractivity contribution in [2.75, 3.05) is 18.8 Å². The van der Waals surface area contributed by atoms with E-state index in [1.165, 1.54) is 23.9 Å². The fraction of sp³-hybridized carbons (Fsp3) is 0.471. The molecular weight excluding hydrogens is 329 g/mol. The topological polar surface area (TPSA) is 59.2 Å². The second-order valence-electron chi connectivity index (χ2n) is 6.42. The van der Waals surface area contributed by atoms with Crippen LogP contribution in [0.1, 0.15) is 20.3 Å². The van der Waals surface area contributed by atoms with Gasteiger partial charge in [-0.1, -0.05) is 31.7 Å². The zero-order valence-corrected chi connectivity index (χ0v) is 14.6. The smallest absolute Gasteiger partial charge is 0.277 e. The van der Waals surface area contributed by atoms with Gasteiger partial charge in [0.05, 0.1) is 5.75 Å². The van der Waals surface area contributed by atoms with Crippen LogP contribution in [-0.4, -0.2) is 39.8 Å². The first-order valence-electron chi connectivity index (χ1n) is 8.01. The normalized spacial score (nSPS) is 21.0. The van der Waals surface area contributed by atoms with E-state index in [4.69, 9.17) is 4.42 Å². The van der Waals surface area contributed by atoms with E-state index in [1.54, 1.807) is 12.1 Å². The highest BCUT2D eigenvalue weighted by atomic mass is 32.2. The standard InChI is InChI=1S/C17H20FN3O2S/c1-11-6-12(2)9-21(8-11)15(22)10-24-17-20-19-16(23-17)13-4-3-5-14(18)7-13/h3-5,7,11-12H,6,8-10H2,1-2H3. The summed E-state index contributed by atoms with van der Waals surface area (Å²) in [5.74, 6) is 1.32. The lowest BCUT2D eigenvalue weighted by Crippen LogP contribution is -2.43. The Morgan fingerprint density at radius 3 is 2.79 bits per heavy atom. The van der Waals surface area contributed by atoms with E-state index in [-0.39, 0.29) is 23.4 Å². The predicted molar refractivity (Wildman–Crippen MR) is 89.9 cm³/mol. The van der Waals surface area contributed by atoms with Gasteiger partial charge in [0.1, 0.15) is 5.82 Å². The van der Waals surface area contributed by atoms with Crippen LogP contribution in [-0.2, 0) is 4.79 Å².